The van der Waals surface area contributed by atoms with Gasteiger partial charge in [0.15, 0.2) is 0 Å². The highest BCUT2D eigenvalue weighted by molar-refractivity contribution is 6.29. The molecule has 0 radical (unpaired) electrons. The lowest BCUT2D eigenvalue weighted by Crippen LogP contribution is -2.28. The predicted molar refractivity (Wildman–Crippen MR) is 76.1 cm³/mol. The van der Waals surface area contributed by atoms with E-state index >= 15 is 0 Å². The summed E-state index contributed by atoms with van der Waals surface area (Å²) in [5, 5.41) is 0.317. The van der Waals surface area contributed by atoms with E-state index in [-0.39, 0.29) is 5.92 Å². The number of hydrogen-bond donors (Lipinski definition) is 0. The Bertz CT molecular complexity index is 679. The van der Waals surface area contributed by atoms with E-state index in [0.29, 0.717) is 23.7 Å². The second kappa shape index (κ2) is 5.35. The molecule has 110 valence electrons. The third kappa shape index (κ3) is 2.54. The molecule has 1 aliphatic heterocycles. The van der Waals surface area contributed by atoms with Gasteiger partial charge in [-0.2, -0.15) is 0 Å². The summed E-state index contributed by atoms with van der Waals surface area (Å²) in [5.74, 6) is -0.955. The fraction of sp³-hybridized carbons (Fsp3) is 0.312. The monoisotopic (exact) mass is 309 g/mol. The highest BCUT2D eigenvalue weighted by atomic mass is 35.5. The molecule has 0 N–H and O–H groups in total. The van der Waals surface area contributed by atoms with Gasteiger partial charge in [-0.15, -0.1) is 0 Å². The normalized spacial score (nSPS) is 25.2. The van der Waals surface area contributed by atoms with Crippen molar-refractivity contribution in [2.75, 3.05) is 6.61 Å². The maximum atomic E-state index is 14.3. The van der Waals surface area contributed by atoms with Crippen LogP contribution in [0.15, 0.2) is 36.5 Å². The van der Waals surface area contributed by atoms with E-state index in [1.54, 1.807) is 18.3 Å². The van der Waals surface area contributed by atoms with Gasteiger partial charge in [0.05, 0.1) is 6.61 Å². The van der Waals surface area contributed by atoms with E-state index in [0.717, 1.165) is 11.6 Å². The Labute approximate surface area is 126 Å². The van der Waals surface area contributed by atoms with Crippen LogP contribution in [0.3, 0.4) is 0 Å². The van der Waals surface area contributed by atoms with Crippen LogP contribution in [0.4, 0.5) is 8.78 Å². The summed E-state index contributed by atoms with van der Waals surface area (Å²) in [6.45, 7) is 2.54. The van der Waals surface area contributed by atoms with Crippen LogP contribution in [0.1, 0.15) is 24.5 Å². The molecule has 2 heterocycles. The first-order valence-electron chi connectivity index (χ1n) is 6.73. The average molecular weight is 310 g/mol. The van der Waals surface area contributed by atoms with Crippen LogP contribution in [0.2, 0.25) is 5.15 Å². The zero-order chi connectivity index (χ0) is 15.0. The van der Waals surface area contributed by atoms with Crippen molar-refractivity contribution >= 4 is 11.6 Å². The molecule has 0 saturated carbocycles. The van der Waals surface area contributed by atoms with Crippen LogP contribution < -0.4 is 0 Å². The number of nitrogens with zero attached hydrogens (tertiary/aromatic N) is 1. The van der Waals surface area contributed by atoms with E-state index in [9.17, 15) is 8.78 Å². The molecule has 0 aliphatic carbocycles. The fourth-order valence-corrected chi connectivity index (χ4v) is 3.08. The highest BCUT2D eigenvalue weighted by Gasteiger charge is 2.44. The van der Waals surface area contributed by atoms with Crippen LogP contribution in [0.5, 0.6) is 0 Å². The Morgan fingerprint density at radius 1 is 1.29 bits per heavy atom. The molecule has 1 saturated heterocycles. The molecule has 1 aliphatic rings. The third-order valence-electron chi connectivity index (χ3n) is 3.81. The first-order chi connectivity index (χ1) is 10.0. The number of benzene rings is 1. The summed E-state index contributed by atoms with van der Waals surface area (Å²) in [5.41, 5.74) is 0.122. The van der Waals surface area contributed by atoms with Gasteiger partial charge in [-0.1, -0.05) is 18.5 Å². The molecule has 1 fully saturated rings. The molecule has 0 spiro atoms. The van der Waals surface area contributed by atoms with E-state index in [2.05, 4.69) is 4.98 Å². The summed E-state index contributed by atoms with van der Waals surface area (Å²) in [6.07, 6.45) is 2.17. The largest absolute Gasteiger partial charge is 0.365 e. The summed E-state index contributed by atoms with van der Waals surface area (Å²) in [7, 11) is 0. The molecular formula is C16H14ClF2NO. The highest BCUT2D eigenvalue weighted by Crippen LogP contribution is 2.45. The van der Waals surface area contributed by atoms with E-state index in [1.807, 2.05) is 6.92 Å². The molecule has 21 heavy (non-hydrogen) atoms. The molecule has 1 unspecified atom stereocenters. The topological polar surface area (TPSA) is 22.1 Å². The molecule has 2 atom stereocenters. The molecular weight excluding hydrogens is 296 g/mol. The number of pyridine rings is 1. The molecule has 5 heteroatoms. The van der Waals surface area contributed by atoms with Gasteiger partial charge in [0.2, 0.25) is 0 Å². The van der Waals surface area contributed by atoms with Crippen LogP contribution in [0.25, 0.3) is 0 Å². The van der Waals surface area contributed by atoms with Gasteiger partial charge in [0, 0.05) is 17.8 Å². The second-order valence-corrected chi connectivity index (χ2v) is 5.83. The molecule has 0 amide bonds. The first kappa shape index (κ1) is 14.4. The number of hydrogen-bond acceptors (Lipinski definition) is 2. The Kier molecular flexibility index (Phi) is 3.68. The SMILES string of the molecule is C[C@H]1COC(c2ccnc(Cl)c2)(c2ccc(F)cc2F)C1. The first-order valence-corrected chi connectivity index (χ1v) is 7.10. The van der Waals surface area contributed by atoms with Crippen molar-refractivity contribution in [2.24, 2.45) is 5.92 Å². The van der Waals surface area contributed by atoms with Crippen molar-refractivity contribution in [3.63, 3.8) is 0 Å². The lowest BCUT2D eigenvalue weighted by molar-refractivity contribution is 0.0316. The van der Waals surface area contributed by atoms with E-state index < -0.39 is 17.2 Å². The predicted octanol–water partition coefficient (Wildman–Crippen LogP) is 4.31. The number of aromatic nitrogens is 1. The van der Waals surface area contributed by atoms with Gasteiger partial charge in [0.1, 0.15) is 22.4 Å². The van der Waals surface area contributed by atoms with Crippen molar-refractivity contribution in [3.05, 3.63) is 64.4 Å². The van der Waals surface area contributed by atoms with Crippen molar-refractivity contribution in [3.8, 4) is 0 Å². The summed E-state index contributed by atoms with van der Waals surface area (Å²) < 4.78 is 33.4. The molecule has 3 rings (SSSR count). The summed E-state index contributed by atoms with van der Waals surface area (Å²) in [6, 6.07) is 6.99. The Morgan fingerprint density at radius 2 is 2.10 bits per heavy atom. The summed E-state index contributed by atoms with van der Waals surface area (Å²) >= 11 is 5.95. The minimum Gasteiger partial charge on any atom is -0.365 e. The van der Waals surface area contributed by atoms with Crippen molar-refractivity contribution in [1.82, 2.24) is 4.98 Å². The fourth-order valence-electron chi connectivity index (χ4n) is 2.91. The summed E-state index contributed by atoms with van der Waals surface area (Å²) in [4.78, 5) is 3.95. The van der Waals surface area contributed by atoms with Gasteiger partial charge < -0.3 is 4.74 Å². The Balaban J connectivity index is 2.18. The van der Waals surface area contributed by atoms with Crippen molar-refractivity contribution in [1.29, 1.82) is 0 Å². The van der Waals surface area contributed by atoms with Crippen molar-refractivity contribution < 1.29 is 13.5 Å². The molecule has 2 nitrogen and oxygen atoms in total. The van der Waals surface area contributed by atoms with Crippen molar-refractivity contribution in [2.45, 2.75) is 18.9 Å². The number of halogens is 3. The lowest BCUT2D eigenvalue weighted by Gasteiger charge is -2.30. The Hall–Kier alpha value is -1.52. The van der Waals surface area contributed by atoms with Gasteiger partial charge in [0.25, 0.3) is 0 Å². The average Bonchev–Trinajstić information content (AvgIpc) is 2.82. The number of ether oxygens (including phenoxy) is 1. The van der Waals surface area contributed by atoms with Gasteiger partial charge in [-0.05, 0) is 42.2 Å². The van der Waals surface area contributed by atoms with Gasteiger partial charge >= 0.3 is 0 Å². The molecule has 2 aromatic rings. The second-order valence-electron chi connectivity index (χ2n) is 5.44. The molecule has 0 bridgehead atoms. The zero-order valence-corrected chi connectivity index (χ0v) is 12.2. The standard InChI is InChI=1S/C16H14ClF2NO/c1-10-8-16(21-9-10,11-4-5-20-15(17)6-11)13-3-2-12(18)7-14(13)19/h2-7,10H,8-9H2,1H3/t10-,16?/m1/s1. The molecule has 1 aromatic carbocycles. The van der Waals surface area contributed by atoms with Crippen LogP contribution >= 0.6 is 11.6 Å². The lowest BCUT2D eigenvalue weighted by atomic mass is 9.82. The van der Waals surface area contributed by atoms with Gasteiger partial charge in [-0.3, -0.25) is 0 Å². The van der Waals surface area contributed by atoms with Crippen LogP contribution in [0, 0.1) is 17.6 Å². The minimum absolute atomic E-state index is 0.265. The quantitative estimate of drug-likeness (QED) is 0.771. The van der Waals surface area contributed by atoms with E-state index in [4.69, 9.17) is 16.3 Å². The van der Waals surface area contributed by atoms with Gasteiger partial charge in [-0.25, -0.2) is 13.8 Å². The third-order valence-corrected chi connectivity index (χ3v) is 4.02. The number of rotatable bonds is 2. The molecule has 1 aromatic heterocycles. The smallest absolute Gasteiger partial charge is 0.132 e. The van der Waals surface area contributed by atoms with E-state index in [1.165, 1.54) is 12.1 Å². The Morgan fingerprint density at radius 3 is 2.71 bits per heavy atom. The zero-order valence-electron chi connectivity index (χ0n) is 11.4. The maximum absolute atomic E-state index is 14.3. The van der Waals surface area contributed by atoms with Crippen LogP contribution in [-0.2, 0) is 10.3 Å². The maximum Gasteiger partial charge on any atom is 0.132 e. The minimum atomic E-state index is -0.941. The van der Waals surface area contributed by atoms with Crippen LogP contribution in [-0.4, -0.2) is 11.6 Å².